The van der Waals surface area contributed by atoms with Crippen molar-refractivity contribution in [2.24, 2.45) is 17.6 Å². The molecular formula is C15H26N2O. The van der Waals surface area contributed by atoms with Crippen LogP contribution < -0.4 is 15.8 Å². The van der Waals surface area contributed by atoms with Gasteiger partial charge >= 0.3 is 0 Å². The van der Waals surface area contributed by atoms with Gasteiger partial charge in [-0.3, -0.25) is 0 Å². The maximum atomic E-state index is 5.79. The summed E-state index contributed by atoms with van der Waals surface area (Å²) in [6.07, 6.45) is 0. The molecule has 0 amide bonds. The average molecular weight is 250 g/mol. The Hall–Kier alpha value is -1.22. The maximum Gasteiger partial charge on any atom is 0.142 e. The molecule has 0 saturated carbocycles. The Bertz CT molecular complexity index is 364. The van der Waals surface area contributed by atoms with E-state index in [9.17, 15) is 0 Å². The monoisotopic (exact) mass is 250 g/mol. The molecule has 3 heteroatoms. The molecule has 1 aromatic carbocycles. The first-order chi connectivity index (χ1) is 8.58. The van der Waals surface area contributed by atoms with E-state index in [1.165, 1.54) is 5.56 Å². The van der Waals surface area contributed by atoms with Gasteiger partial charge in [0.15, 0.2) is 0 Å². The van der Waals surface area contributed by atoms with Crippen LogP contribution in [0.25, 0.3) is 0 Å². The zero-order valence-electron chi connectivity index (χ0n) is 12.0. The molecule has 1 rings (SSSR count). The quantitative estimate of drug-likeness (QED) is 0.782. The predicted octanol–water partition coefficient (Wildman–Crippen LogP) is 3.04. The van der Waals surface area contributed by atoms with E-state index in [1.54, 1.807) is 0 Å². The summed E-state index contributed by atoms with van der Waals surface area (Å²) in [6.45, 7) is 10.8. The molecule has 0 fully saturated rings. The van der Waals surface area contributed by atoms with Crippen LogP contribution in [0.1, 0.15) is 26.3 Å². The first kappa shape index (κ1) is 14.8. The summed E-state index contributed by atoms with van der Waals surface area (Å²) < 4.78 is 5.65. The summed E-state index contributed by atoms with van der Waals surface area (Å²) in [5, 5.41) is 3.45. The number of hydrogen-bond donors (Lipinski definition) is 2. The molecular weight excluding hydrogens is 224 g/mol. The van der Waals surface area contributed by atoms with Crippen LogP contribution in [0.2, 0.25) is 0 Å². The summed E-state index contributed by atoms with van der Waals surface area (Å²) in [7, 11) is 0. The van der Waals surface area contributed by atoms with Gasteiger partial charge in [-0.05, 0) is 49.9 Å². The minimum atomic E-state index is 0.487. The lowest BCUT2D eigenvalue weighted by Gasteiger charge is -2.21. The van der Waals surface area contributed by atoms with Gasteiger partial charge in [0.2, 0.25) is 0 Å². The lowest BCUT2D eigenvalue weighted by Crippen LogP contribution is -2.27. The third-order valence-electron chi connectivity index (χ3n) is 3.24. The van der Waals surface area contributed by atoms with Crippen molar-refractivity contribution < 1.29 is 4.74 Å². The third-order valence-corrected chi connectivity index (χ3v) is 3.24. The molecule has 0 aliphatic carbocycles. The summed E-state index contributed by atoms with van der Waals surface area (Å²) in [6, 6.07) is 6.24. The van der Waals surface area contributed by atoms with Crippen molar-refractivity contribution in [2.45, 2.75) is 27.7 Å². The maximum absolute atomic E-state index is 5.79. The average Bonchev–Trinajstić information content (AvgIpc) is 2.32. The smallest absolute Gasteiger partial charge is 0.142 e. The standard InChI is InChI=1S/C15H26N2O/c1-5-18-15-8-12(4)6-7-14(15)17-10-13(9-16)11(2)3/h6-8,11,13,17H,5,9-10,16H2,1-4H3. The highest BCUT2D eigenvalue weighted by Gasteiger charge is 2.12. The van der Waals surface area contributed by atoms with E-state index in [0.29, 0.717) is 25.0 Å². The first-order valence-electron chi connectivity index (χ1n) is 6.75. The van der Waals surface area contributed by atoms with E-state index in [2.05, 4.69) is 44.3 Å². The fraction of sp³-hybridized carbons (Fsp3) is 0.600. The summed E-state index contributed by atoms with van der Waals surface area (Å²) in [5.41, 5.74) is 8.06. The van der Waals surface area contributed by atoms with Crippen LogP contribution in [0.5, 0.6) is 5.75 Å². The second-order valence-electron chi connectivity index (χ2n) is 5.05. The highest BCUT2D eigenvalue weighted by molar-refractivity contribution is 5.57. The van der Waals surface area contributed by atoms with Crippen molar-refractivity contribution in [2.75, 3.05) is 25.0 Å². The zero-order chi connectivity index (χ0) is 13.5. The highest BCUT2D eigenvalue weighted by Crippen LogP contribution is 2.26. The zero-order valence-corrected chi connectivity index (χ0v) is 12.0. The van der Waals surface area contributed by atoms with E-state index in [-0.39, 0.29) is 0 Å². The lowest BCUT2D eigenvalue weighted by molar-refractivity contribution is 0.341. The Kier molecular flexibility index (Phi) is 5.99. The first-order valence-corrected chi connectivity index (χ1v) is 6.75. The Labute approximate surface area is 111 Å². The molecule has 18 heavy (non-hydrogen) atoms. The number of ether oxygens (including phenoxy) is 1. The molecule has 0 radical (unpaired) electrons. The predicted molar refractivity (Wildman–Crippen MR) is 78.2 cm³/mol. The van der Waals surface area contributed by atoms with E-state index >= 15 is 0 Å². The summed E-state index contributed by atoms with van der Waals surface area (Å²) in [5.74, 6) is 2.00. The molecule has 1 aromatic rings. The Morgan fingerprint density at radius 3 is 2.61 bits per heavy atom. The van der Waals surface area contributed by atoms with Crippen molar-refractivity contribution in [1.82, 2.24) is 0 Å². The topological polar surface area (TPSA) is 47.3 Å². The number of aryl methyl sites for hydroxylation is 1. The van der Waals surface area contributed by atoms with Gasteiger partial charge in [-0.1, -0.05) is 19.9 Å². The molecule has 3 N–H and O–H groups in total. The van der Waals surface area contributed by atoms with Gasteiger partial charge in [0, 0.05) is 6.54 Å². The van der Waals surface area contributed by atoms with Gasteiger partial charge in [0.1, 0.15) is 5.75 Å². The molecule has 0 spiro atoms. The fourth-order valence-corrected chi connectivity index (χ4v) is 1.88. The van der Waals surface area contributed by atoms with Crippen LogP contribution in [0, 0.1) is 18.8 Å². The van der Waals surface area contributed by atoms with Crippen molar-refractivity contribution in [1.29, 1.82) is 0 Å². The Morgan fingerprint density at radius 1 is 1.33 bits per heavy atom. The van der Waals surface area contributed by atoms with E-state index in [1.807, 2.05) is 6.92 Å². The van der Waals surface area contributed by atoms with Gasteiger partial charge in [-0.2, -0.15) is 0 Å². The molecule has 1 unspecified atom stereocenters. The van der Waals surface area contributed by atoms with E-state index in [4.69, 9.17) is 10.5 Å². The van der Waals surface area contributed by atoms with Crippen molar-refractivity contribution in [3.8, 4) is 5.75 Å². The molecule has 0 aliphatic rings. The van der Waals surface area contributed by atoms with Crippen molar-refractivity contribution >= 4 is 5.69 Å². The number of anilines is 1. The van der Waals surface area contributed by atoms with E-state index < -0.39 is 0 Å². The Balaban J connectivity index is 2.71. The minimum Gasteiger partial charge on any atom is -0.492 e. The molecule has 3 nitrogen and oxygen atoms in total. The molecule has 0 aliphatic heterocycles. The number of rotatable bonds is 7. The normalized spacial score (nSPS) is 12.6. The summed E-state index contributed by atoms with van der Waals surface area (Å²) >= 11 is 0. The molecule has 0 bridgehead atoms. The molecule has 1 atom stereocenters. The van der Waals surface area contributed by atoms with Gasteiger partial charge in [-0.25, -0.2) is 0 Å². The van der Waals surface area contributed by atoms with Crippen LogP contribution in [-0.4, -0.2) is 19.7 Å². The molecule has 102 valence electrons. The number of hydrogen-bond acceptors (Lipinski definition) is 3. The van der Waals surface area contributed by atoms with Crippen LogP contribution in [0.15, 0.2) is 18.2 Å². The highest BCUT2D eigenvalue weighted by atomic mass is 16.5. The van der Waals surface area contributed by atoms with Gasteiger partial charge in [0.25, 0.3) is 0 Å². The third kappa shape index (κ3) is 4.22. The van der Waals surface area contributed by atoms with E-state index in [0.717, 1.165) is 18.0 Å². The Morgan fingerprint density at radius 2 is 2.06 bits per heavy atom. The lowest BCUT2D eigenvalue weighted by atomic mass is 9.96. The van der Waals surface area contributed by atoms with Crippen molar-refractivity contribution in [3.05, 3.63) is 23.8 Å². The minimum absolute atomic E-state index is 0.487. The molecule has 0 aromatic heterocycles. The van der Waals surface area contributed by atoms with Gasteiger partial charge in [-0.15, -0.1) is 0 Å². The summed E-state index contributed by atoms with van der Waals surface area (Å²) in [4.78, 5) is 0. The van der Waals surface area contributed by atoms with Crippen LogP contribution in [0.4, 0.5) is 5.69 Å². The number of benzene rings is 1. The van der Waals surface area contributed by atoms with Crippen LogP contribution in [0.3, 0.4) is 0 Å². The number of nitrogens with one attached hydrogen (secondary N) is 1. The van der Waals surface area contributed by atoms with Gasteiger partial charge < -0.3 is 15.8 Å². The second kappa shape index (κ2) is 7.27. The SMILES string of the molecule is CCOc1cc(C)ccc1NCC(CN)C(C)C. The van der Waals surface area contributed by atoms with Crippen LogP contribution in [-0.2, 0) is 0 Å². The molecule has 0 heterocycles. The fourth-order valence-electron chi connectivity index (χ4n) is 1.88. The largest absolute Gasteiger partial charge is 0.492 e. The second-order valence-corrected chi connectivity index (χ2v) is 5.05. The number of nitrogens with two attached hydrogens (primary N) is 1. The van der Waals surface area contributed by atoms with Crippen LogP contribution >= 0.6 is 0 Å². The van der Waals surface area contributed by atoms with Crippen molar-refractivity contribution in [3.63, 3.8) is 0 Å². The van der Waals surface area contributed by atoms with Gasteiger partial charge in [0.05, 0.1) is 12.3 Å². The molecule has 0 saturated heterocycles.